The Hall–Kier alpha value is -2.78. The Labute approximate surface area is 250 Å². The molecule has 1 aliphatic carbocycles. The number of hydrogen-bond acceptors (Lipinski definition) is 11. The Balaban J connectivity index is 1.61. The summed E-state index contributed by atoms with van der Waals surface area (Å²) in [5.74, 6) is -0.334. The predicted octanol–water partition coefficient (Wildman–Crippen LogP) is 2.95. The number of hydrogen-bond donors (Lipinski definition) is 3. The second-order valence-electron chi connectivity index (χ2n) is 10.1. The van der Waals surface area contributed by atoms with Crippen LogP contribution in [0.3, 0.4) is 0 Å². The van der Waals surface area contributed by atoms with E-state index in [2.05, 4.69) is 0 Å². The summed E-state index contributed by atoms with van der Waals surface area (Å²) < 4.78 is 75.8. The normalized spacial score (nSPS) is 34.0. The summed E-state index contributed by atoms with van der Waals surface area (Å²) in [5.41, 5.74) is -3.02. The van der Waals surface area contributed by atoms with Crippen molar-refractivity contribution in [3.8, 4) is 11.5 Å². The van der Waals surface area contributed by atoms with Gasteiger partial charge >= 0.3 is 13.9 Å². The molecule has 3 amide bonds. The maximum absolute atomic E-state index is 14.7. The summed E-state index contributed by atoms with van der Waals surface area (Å²) in [4.78, 5) is 25.2. The Morgan fingerprint density at radius 3 is 2.37 bits per heavy atom. The summed E-state index contributed by atoms with van der Waals surface area (Å²) in [5, 5.41) is 22.2. The van der Waals surface area contributed by atoms with Crippen molar-refractivity contribution in [3.05, 3.63) is 48.3 Å². The molecule has 0 aromatic heterocycles. The minimum atomic E-state index is -4.80. The fourth-order valence-corrected chi connectivity index (χ4v) is 6.37. The minimum Gasteiger partial charge on any atom is -0.497 e. The number of carbonyl (C=O) groups excluding carboxylic acids is 2. The molecule has 2 heterocycles. The van der Waals surface area contributed by atoms with E-state index in [-0.39, 0.29) is 5.75 Å². The standard InChI is InChI=1S/C26H32ClF2N2O11P/c1-13-11-17(38-4)9-10-18(13)42-43(36,41-16-7-5-15(37-3)6-8-16)39-12-26(24(28)29)21(33)20(32)23(40-26)31-14(2)19(27)22(34)30-25(31)35/h5-11,13-14,18-21,23-24,32-33H,12H2,1-4H3,(H,30,34,35)/t13?,14?,18?,19?,20-,21-,23-,26-,43?/m1/s1. The molecule has 0 bridgehead atoms. The average Bonchev–Trinajstić information content (AvgIpc) is 3.22. The second kappa shape index (κ2) is 13.1. The third-order valence-corrected chi connectivity index (χ3v) is 9.23. The van der Waals surface area contributed by atoms with Gasteiger partial charge in [0.2, 0.25) is 5.91 Å². The van der Waals surface area contributed by atoms with E-state index in [0.29, 0.717) is 11.5 Å². The summed E-state index contributed by atoms with van der Waals surface area (Å²) in [7, 11) is -1.91. The van der Waals surface area contributed by atoms with Crippen LogP contribution in [0.15, 0.2) is 48.3 Å². The van der Waals surface area contributed by atoms with E-state index in [4.69, 9.17) is 39.4 Å². The number of benzene rings is 1. The van der Waals surface area contributed by atoms with Gasteiger partial charge in [-0.1, -0.05) is 13.0 Å². The summed E-state index contributed by atoms with van der Waals surface area (Å²) in [6.07, 6.45) is -6.09. The number of aliphatic hydroxyl groups excluding tert-OH is 2. The van der Waals surface area contributed by atoms with Crippen molar-refractivity contribution in [3.63, 3.8) is 0 Å². The first kappa shape index (κ1) is 33.1. The van der Waals surface area contributed by atoms with Crippen LogP contribution in [0.2, 0.25) is 0 Å². The van der Waals surface area contributed by atoms with Crippen molar-refractivity contribution in [2.24, 2.45) is 5.92 Å². The largest absolute Gasteiger partial charge is 0.530 e. The molecule has 17 heteroatoms. The van der Waals surface area contributed by atoms with Gasteiger partial charge in [-0.2, -0.15) is 0 Å². The fourth-order valence-electron chi connectivity index (χ4n) is 4.74. The highest BCUT2D eigenvalue weighted by Crippen LogP contribution is 2.54. The zero-order chi connectivity index (χ0) is 31.7. The second-order valence-corrected chi connectivity index (χ2v) is 12.1. The van der Waals surface area contributed by atoms with Crippen LogP contribution in [0.5, 0.6) is 11.5 Å². The third-order valence-electron chi connectivity index (χ3n) is 7.28. The molecule has 3 aliphatic rings. The lowest BCUT2D eigenvalue weighted by Crippen LogP contribution is -2.65. The van der Waals surface area contributed by atoms with Gasteiger partial charge in [0, 0.05) is 5.92 Å². The van der Waals surface area contributed by atoms with Gasteiger partial charge in [0.05, 0.1) is 33.0 Å². The van der Waals surface area contributed by atoms with Gasteiger partial charge in [0.15, 0.2) is 11.8 Å². The van der Waals surface area contributed by atoms with Crippen LogP contribution in [-0.4, -0.2) is 95.9 Å². The smallest absolute Gasteiger partial charge is 0.497 e. The summed E-state index contributed by atoms with van der Waals surface area (Å²) >= 11 is 6.04. The number of rotatable bonds is 11. The number of aliphatic hydroxyl groups is 2. The topological polar surface area (TPSA) is 162 Å². The first-order chi connectivity index (χ1) is 20.2. The maximum atomic E-state index is 14.7. The van der Waals surface area contributed by atoms with Crippen LogP contribution < -0.4 is 14.6 Å². The van der Waals surface area contributed by atoms with E-state index in [9.17, 15) is 33.1 Å². The van der Waals surface area contributed by atoms with Gasteiger partial charge in [-0.25, -0.2) is 18.1 Å². The quantitative estimate of drug-likeness (QED) is 0.238. The molecule has 238 valence electrons. The number of carbonyl (C=O) groups is 2. The molecule has 1 aromatic carbocycles. The van der Waals surface area contributed by atoms with Gasteiger partial charge in [0.1, 0.15) is 34.8 Å². The molecule has 4 rings (SSSR count). The highest BCUT2D eigenvalue weighted by atomic mass is 35.5. The van der Waals surface area contributed by atoms with Crippen molar-refractivity contribution >= 4 is 31.4 Å². The van der Waals surface area contributed by atoms with Gasteiger partial charge in [-0.15, -0.1) is 11.6 Å². The van der Waals surface area contributed by atoms with Gasteiger partial charge < -0.3 is 28.9 Å². The zero-order valence-corrected chi connectivity index (χ0v) is 25.1. The number of methoxy groups -OCH3 is 2. The Kier molecular flexibility index (Phi) is 10.1. The molecule has 2 aliphatic heterocycles. The summed E-state index contributed by atoms with van der Waals surface area (Å²) in [6.45, 7) is 1.74. The van der Waals surface area contributed by atoms with Gasteiger partial charge in [-0.05, 0) is 43.3 Å². The molecule has 0 spiro atoms. The maximum Gasteiger partial charge on any atom is 0.530 e. The molecule has 3 N–H and O–H groups in total. The van der Waals surface area contributed by atoms with Crippen LogP contribution in [0.25, 0.3) is 0 Å². The number of imide groups is 1. The fraction of sp³-hybridized carbons (Fsp3) is 0.538. The number of phosphoric acid groups is 1. The minimum absolute atomic E-state index is 0.0294. The molecule has 0 saturated carbocycles. The van der Waals surface area contributed by atoms with Crippen LogP contribution in [0.1, 0.15) is 13.8 Å². The van der Waals surface area contributed by atoms with Crippen LogP contribution in [0, 0.1) is 5.92 Å². The molecule has 0 radical (unpaired) electrons. The number of amides is 3. The number of halogens is 3. The van der Waals surface area contributed by atoms with Crippen molar-refractivity contribution in [2.75, 3.05) is 20.8 Å². The molecule has 43 heavy (non-hydrogen) atoms. The van der Waals surface area contributed by atoms with Crippen LogP contribution in [0.4, 0.5) is 13.6 Å². The molecular weight excluding hydrogens is 621 g/mol. The molecule has 9 atom stereocenters. The molecule has 13 nitrogen and oxygen atoms in total. The van der Waals surface area contributed by atoms with E-state index in [1.807, 2.05) is 5.32 Å². The highest BCUT2D eigenvalue weighted by Gasteiger charge is 2.64. The number of nitrogens with zero attached hydrogens (tertiary/aromatic N) is 1. The number of alkyl halides is 3. The molecule has 1 aromatic rings. The number of nitrogens with one attached hydrogen (secondary N) is 1. The monoisotopic (exact) mass is 652 g/mol. The first-order valence-corrected chi connectivity index (χ1v) is 14.9. The van der Waals surface area contributed by atoms with E-state index < -0.39 is 80.3 Å². The van der Waals surface area contributed by atoms with E-state index in [1.165, 1.54) is 51.5 Å². The zero-order valence-electron chi connectivity index (χ0n) is 23.5. The highest BCUT2D eigenvalue weighted by molar-refractivity contribution is 7.49. The Morgan fingerprint density at radius 1 is 1.14 bits per heavy atom. The average molecular weight is 653 g/mol. The van der Waals surface area contributed by atoms with Crippen molar-refractivity contribution in [2.45, 2.75) is 61.8 Å². The number of allylic oxidation sites excluding steroid dienone is 1. The van der Waals surface area contributed by atoms with Crippen molar-refractivity contribution in [1.29, 1.82) is 0 Å². The predicted molar refractivity (Wildman–Crippen MR) is 146 cm³/mol. The van der Waals surface area contributed by atoms with E-state index in [1.54, 1.807) is 19.1 Å². The summed E-state index contributed by atoms with van der Waals surface area (Å²) in [6, 6.07) is 3.52. The molecule has 2 fully saturated rings. The number of ether oxygens (including phenoxy) is 3. The molecular formula is C26H32ClF2N2O11P. The lowest BCUT2D eigenvalue weighted by molar-refractivity contribution is -0.201. The third kappa shape index (κ3) is 6.68. The molecule has 2 saturated heterocycles. The number of phosphoric ester groups is 1. The van der Waals surface area contributed by atoms with Gasteiger partial charge in [-0.3, -0.25) is 24.1 Å². The van der Waals surface area contributed by atoms with E-state index >= 15 is 0 Å². The lowest BCUT2D eigenvalue weighted by atomic mass is 9.96. The number of urea groups is 1. The molecule has 5 unspecified atom stereocenters. The van der Waals surface area contributed by atoms with Crippen LogP contribution >= 0.6 is 19.4 Å². The van der Waals surface area contributed by atoms with E-state index in [0.717, 1.165) is 4.90 Å². The van der Waals surface area contributed by atoms with Gasteiger partial charge in [0.25, 0.3) is 6.43 Å². The van der Waals surface area contributed by atoms with Crippen molar-refractivity contribution < 1.29 is 60.9 Å². The SMILES string of the molecule is COC1=CC(C)C(OP(=O)(OC[C@@]2(C(F)F)O[C@@H](N3C(=O)NC(=O)C(Cl)C3C)[C@H](O)[C@H]2O)Oc2ccc(OC)cc2)C=C1. The van der Waals surface area contributed by atoms with Crippen molar-refractivity contribution in [1.82, 2.24) is 10.2 Å². The Morgan fingerprint density at radius 2 is 1.79 bits per heavy atom. The van der Waals surface area contributed by atoms with Crippen LogP contribution in [-0.2, 0) is 27.9 Å². The lowest BCUT2D eigenvalue weighted by Gasteiger charge is -2.40. The first-order valence-electron chi connectivity index (χ1n) is 13.0. The Bertz CT molecular complexity index is 1300.